The van der Waals surface area contributed by atoms with E-state index in [1.807, 2.05) is 0 Å². The third-order valence-corrected chi connectivity index (χ3v) is 6.40. The van der Waals surface area contributed by atoms with Crippen molar-refractivity contribution in [2.75, 3.05) is 6.54 Å². The molecule has 0 radical (unpaired) electrons. The van der Waals surface area contributed by atoms with Gasteiger partial charge in [0.25, 0.3) is 0 Å². The van der Waals surface area contributed by atoms with E-state index < -0.39 is 12.0 Å². The topological polar surface area (TPSA) is 40.5 Å². The Morgan fingerprint density at radius 1 is 1.15 bits per heavy atom. The highest BCUT2D eigenvalue weighted by molar-refractivity contribution is 7.19. The number of carboxylic acid groups (broad SMARTS) is 1. The Bertz CT molecular complexity index is 900. The first kappa shape index (κ1) is 17.3. The molecule has 0 spiro atoms. The molecular formula is C22H23NO2S. The first-order chi connectivity index (χ1) is 12.6. The number of hydrogen-bond donors (Lipinski definition) is 1. The van der Waals surface area contributed by atoms with Gasteiger partial charge >= 0.3 is 5.97 Å². The molecule has 3 nitrogen and oxygen atoms in total. The van der Waals surface area contributed by atoms with Crippen molar-refractivity contribution in [3.05, 3.63) is 70.6 Å². The van der Waals surface area contributed by atoms with Crippen LogP contribution in [-0.4, -0.2) is 28.6 Å². The maximum Gasteiger partial charge on any atom is 0.320 e. The number of piperidine rings is 1. The molecule has 2 unspecified atom stereocenters. The number of rotatable bonds is 4. The Balaban J connectivity index is 1.84. The van der Waals surface area contributed by atoms with Gasteiger partial charge < -0.3 is 5.11 Å². The van der Waals surface area contributed by atoms with E-state index in [0.29, 0.717) is 0 Å². The standard InChI is InChI=1S/C22H23NO2S/c1-15-7-6-9-17(13-15)21(23-12-5-4-10-18(23)22(24)25)20-14-16-8-2-3-11-19(16)26-20/h2-3,6-9,11,13-14,18,21H,4-5,10,12H2,1H3,(H,24,25). The second-order valence-electron chi connectivity index (χ2n) is 7.09. The van der Waals surface area contributed by atoms with Gasteiger partial charge in [-0.25, -0.2) is 0 Å². The second-order valence-corrected chi connectivity index (χ2v) is 8.21. The first-order valence-corrected chi connectivity index (χ1v) is 9.99. The predicted octanol–water partition coefficient (Wildman–Crippen LogP) is 5.24. The van der Waals surface area contributed by atoms with Crippen LogP contribution in [0.3, 0.4) is 0 Å². The van der Waals surface area contributed by atoms with E-state index in [9.17, 15) is 9.90 Å². The lowest BCUT2D eigenvalue weighted by Crippen LogP contribution is -2.46. The number of aliphatic carboxylic acids is 1. The van der Waals surface area contributed by atoms with Crippen LogP contribution < -0.4 is 0 Å². The lowest BCUT2D eigenvalue weighted by atomic mass is 9.94. The summed E-state index contributed by atoms with van der Waals surface area (Å²) in [5.41, 5.74) is 2.39. The van der Waals surface area contributed by atoms with Gasteiger partial charge in [-0.2, -0.15) is 0 Å². The number of benzene rings is 2. The summed E-state index contributed by atoms with van der Waals surface area (Å²) in [5, 5.41) is 11.0. The largest absolute Gasteiger partial charge is 0.480 e. The molecule has 3 aromatic rings. The molecule has 0 amide bonds. The number of aryl methyl sites for hydroxylation is 1. The van der Waals surface area contributed by atoms with Gasteiger partial charge in [-0.3, -0.25) is 9.69 Å². The SMILES string of the molecule is Cc1cccc(C(c2cc3ccccc3s2)N2CCCCC2C(=O)O)c1. The maximum absolute atomic E-state index is 11.9. The fraction of sp³-hybridized carbons (Fsp3) is 0.318. The van der Waals surface area contributed by atoms with E-state index in [-0.39, 0.29) is 6.04 Å². The summed E-state index contributed by atoms with van der Waals surface area (Å²) < 4.78 is 1.25. The number of carboxylic acids is 1. The molecule has 2 aromatic carbocycles. The summed E-state index contributed by atoms with van der Waals surface area (Å²) in [6, 6.07) is 18.7. The highest BCUT2D eigenvalue weighted by atomic mass is 32.1. The van der Waals surface area contributed by atoms with Crippen LogP contribution in [0, 0.1) is 6.92 Å². The molecule has 2 heterocycles. The molecule has 26 heavy (non-hydrogen) atoms. The van der Waals surface area contributed by atoms with Crippen LogP contribution in [0.25, 0.3) is 10.1 Å². The molecule has 1 aliphatic rings. The van der Waals surface area contributed by atoms with Gasteiger partial charge in [0.15, 0.2) is 0 Å². The zero-order valence-electron chi connectivity index (χ0n) is 14.9. The van der Waals surface area contributed by atoms with Gasteiger partial charge in [-0.1, -0.05) is 54.4 Å². The van der Waals surface area contributed by atoms with E-state index in [1.54, 1.807) is 11.3 Å². The van der Waals surface area contributed by atoms with E-state index in [0.717, 1.165) is 25.8 Å². The Labute approximate surface area is 157 Å². The summed E-state index contributed by atoms with van der Waals surface area (Å²) in [6.07, 6.45) is 2.76. The van der Waals surface area contributed by atoms with Crippen LogP contribution >= 0.6 is 11.3 Å². The molecule has 0 aliphatic carbocycles. The molecule has 1 aliphatic heterocycles. The molecule has 134 valence electrons. The Kier molecular flexibility index (Phi) is 4.79. The molecule has 1 saturated heterocycles. The smallest absolute Gasteiger partial charge is 0.320 e. The van der Waals surface area contributed by atoms with Crippen molar-refractivity contribution in [1.29, 1.82) is 0 Å². The van der Waals surface area contributed by atoms with Crippen molar-refractivity contribution >= 4 is 27.4 Å². The van der Waals surface area contributed by atoms with Crippen molar-refractivity contribution in [3.8, 4) is 0 Å². The van der Waals surface area contributed by atoms with Gasteiger partial charge in [0, 0.05) is 9.58 Å². The Morgan fingerprint density at radius 3 is 2.77 bits per heavy atom. The number of carbonyl (C=O) groups is 1. The number of likely N-dealkylation sites (tertiary alicyclic amines) is 1. The molecule has 0 bridgehead atoms. The third kappa shape index (κ3) is 3.27. The van der Waals surface area contributed by atoms with Gasteiger partial charge in [0.1, 0.15) is 6.04 Å². The lowest BCUT2D eigenvalue weighted by molar-refractivity contribution is -0.145. The summed E-state index contributed by atoms with van der Waals surface area (Å²) in [7, 11) is 0. The van der Waals surface area contributed by atoms with Crippen LogP contribution in [0.5, 0.6) is 0 Å². The average Bonchev–Trinajstić information content (AvgIpc) is 3.06. The average molecular weight is 365 g/mol. The summed E-state index contributed by atoms with van der Waals surface area (Å²) in [5.74, 6) is -0.705. The van der Waals surface area contributed by atoms with E-state index in [1.165, 1.54) is 26.1 Å². The predicted molar refractivity (Wildman–Crippen MR) is 107 cm³/mol. The summed E-state index contributed by atoms with van der Waals surface area (Å²) >= 11 is 1.78. The molecule has 4 rings (SSSR count). The molecule has 0 saturated carbocycles. The van der Waals surface area contributed by atoms with Crippen LogP contribution in [0.15, 0.2) is 54.6 Å². The van der Waals surface area contributed by atoms with Crippen LogP contribution in [0.1, 0.15) is 41.3 Å². The summed E-state index contributed by atoms with van der Waals surface area (Å²) in [4.78, 5) is 15.4. The molecule has 1 aromatic heterocycles. The fourth-order valence-electron chi connectivity index (χ4n) is 4.02. The fourth-order valence-corrected chi connectivity index (χ4v) is 5.24. The van der Waals surface area contributed by atoms with Crippen molar-refractivity contribution in [2.24, 2.45) is 0 Å². The highest BCUT2D eigenvalue weighted by Gasteiger charge is 2.35. The van der Waals surface area contributed by atoms with Crippen LogP contribution in [0.4, 0.5) is 0 Å². The number of hydrogen-bond acceptors (Lipinski definition) is 3. The third-order valence-electron chi connectivity index (χ3n) is 5.23. The Hall–Kier alpha value is -2.17. The molecule has 1 fully saturated rings. The first-order valence-electron chi connectivity index (χ1n) is 9.17. The minimum Gasteiger partial charge on any atom is -0.480 e. The maximum atomic E-state index is 11.9. The van der Waals surface area contributed by atoms with Gasteiger partial charge in [-0.05, 0) is 49.4 Å². The molecule has 4 heteroatoms. The van der Waals surface area contributed by atoms with Gasteiger partial charge in [0.05, 0.1) is 6.04 Å². The number of nitrogens with zero attached hydrogens (tertiary/aromatic N) is 1. The van der Waals surface area contributed by atoms with Crippen LogP contribution in [-0.2, 0) is 4.79 Å². The van der Waals surface area contributed by atoms with E-state index >= 15 is 0 Å². The lowest BCUT2D eigenvalue weighted by Gasteiger charge is -2.39. The van der Waals surface area contributed by atoms with Crippen LogP contribution in [0.2, 0.25) is 0 Å². The van der Waals surface area contributed by atoms with Crippen molar-refractivity contribution in [2.45, 2.75) is 38.3 Å². The highest BCUT2D eigenvalue weighted by Crippen LogP contribution is 2.39. The van der Waals surface area contributed by atoms with E-state index in [4.69, 9.17) is 0 Å². The number of thiophene rings is 1. The Morgan fingerprint density at radius 2 is 2.00 bits per heavy atom. The second kappa shape index (κ2) is 7.22. The summed E-state index contributed by atoms with van der Waals surface area (Å²) in [6.45, 7) is 2.92. The minimum atomic E-state index is -0.705. The van der Waals surface area contributed by atoms with Gasteiger partial charge in [0.2, 0.25) is 0 Å². The molecular weight excluding hydrogens is 342 g/mol. The van der Waals surface area contributed by atoms with E-state index in [2.05, 4.69) is 66.4 Å². The van der Waals surface area contributed by atoms with Crippen molar-refractivity contribution in [1.82, 2.24) is 4.90 Å². The zero-order valence-corrected chi connectivity index (χ0v) is 15.7. The normalized spacial score (nSPS) is 19.5. The molecule has 1 N–H and O–H groups in total. The minimum absolute atomic E-state index is 0.00583. The quantitative estimate of drug-likeness (QED) is 0.687. The van der Waals surface area contributed by atoms with Crippen molar-refractivity contribution < 1.29 is 9.90 Å². The zero-order chi connectivity index (χ0) is 18.1. The molecule has 2 atom stereocenters. The number of fused-ring (bicyclic) bond motifs is 1. The van der Waals surface area contributed by atoms with Gasteiger partial charge in [-0.15, -0.1) is 11.3 Å². The monoisotopic (exact) mass is 365 g/mol. The van der Waals surface area contributed by atoms with Crippen molar-refractivity contribution in [3.63, 3.8) is 0 Å².